The predicted octanol–water partition coefficient (Wildman–Crippen LogP) is 3.90. The summed E-state index contributed by atoms with van der Waals surface area (Å²) < 4.78 is 0. The van der Waals surface area contributed by atoms with Crippen LogP contribution in [0.5, 0.6) is 0 Å². The Labute approximate surface area is 135 Å². The van der Waals surface area contributed by atoms with Gasteiger partial charge in [-0.1, -0.05) is 43.0 Å². The van der Waals surface area contributed by atoms with E-state index < -0.39 is 5.60 Å². The Morgan fingerprint density at radius 1 is 1.18 bits per heavy atom. The molecule has 1 aliphatic carbocycles. The van der Waals surface area contributed by atoms with Crippen molar-refractivity contribution >= 4 is 17.4 Å². The summed E-state index contributed by atoms with van der Waals surface area (Å²) in [5.41, 5.74) is 1.08. The van der Waals surface area contributed by atoms with Crippen LogP contribution >= 0.6 is 11.6 Å². The molecule has 4 nitrogen and oxygen atoms in total. The number of halogens is 1. The molecule has 2 aromatic rings. The molecule has 0 radical (unpaired) electrons. The van der Waals surface area contributed by atoms with Gasteiger partial charge in [-0.3, -0.25) is 4.98 Å². The third-order valence-electron chi connectivity index (χ3n) is 4.14. The lowest BCUT2D eigenvalue weighted by molar-refractivity contribution is 0.0166. The lowest BCUT2D eigenvalue weighted by atomic mass is 9.85. The average Bonchev–Trinajstić information content (AvgIpc) is 2.54. The smallest absolute Gasteiger partial charge is 0.145 e. The summed E-state index contributed by atoms with van der Waals surface area (Å²) in [7, 11) is 0. The number of rotatable bonds is 4. The molecule has 0 saturated heterocycles. The molecule has 1 aromatic carbocycles. The van der Waals surface area contributed by atoms with Crippen molar-refractivity contribution in [3.8, 4) is 11.3 Å². The minimum absolute atomic E-state index is 0.515. The van der Waals surface area contributed by atoms with Crippen LogP contribution < -0.4 is 5.32 Å². The van der Waals surface area contributed by atoms with E-state index in [0.29, 0.717) is 17.4 Å². The average molecular weight is 318 g/mol. The van der Waals surface area contributed by atoms with E-state index in [-0.39, 0.29) is 0 Å². The second-order valence-electron chi connectivity index (χ2n) is 5.94. The Morgan fingerprint density at radius 3 is 2.77 bits per heavy atom. The van der Waals surface area contributed by atoms with Gasteiger partial charge in [-0.15, -0.1) is 0 Å². The first kappa shape index (κ1) is 15.3. The minimum Gasteiger partial charge on any atom is -0.388 e. The second-order valence-corrected chi connectivity index (χ2v) is 6.37. The van der Waals surface area contributed by atoms with E-state index >= 15 is 0 Å². The Morgan fingerprint density at radius 2 is 2.00 bits per heavy atom. The van der Waals surface area contributed by atoms with Crippen LogP contribution in [0, 0.1) is 0 Å². The molecule has 22 heavy (non-hydrogen) atoms. The van der Waals surface area contributed by atoms with E-state index in [4.69, 9.17) is 11.6 Å². The molecule has 1 fully saturated rings. The van der Waals surface area contributed by atoms with Gasteiger partial charge in [0.25, 0.3) is 0 Å². The molecule has 116 valence electrons. The Balaban J connectivity index is 1.71. The summed E-state index contributed by atoms with van der Waals surface area (Å²) in [6.45, 7) is 0.515. The van der Waals surface area contributed by atoms with Crippen LogP contribution in [0.3, 0.4) is 0 Å². The summed E-state index contributed by atoms with van der Waals surface area (Å²) in [4.78, 5) is 8.78. The van der Waals surface area contributed by atoms with Gasteiger partial charge in [-0.25, -0.2) is 4.98 Å². The van der Waals surface area contributed by atoms with Crippen molar-refractivity contribution in [3.05, 3.63) is 41.7 Å². The third kappa shape index (κ3) is 3.76. The first-order valence-electron chi connectivity index (χ1n) is 7.69. The lowest BCUT2D eigenvalue weighted by Crippen LogP contribution is -2.38. The summed E-state index contributed by atoms with van der Waals surface area (Å²) >= 11 is 6.02. The normalized spacial score (nSPS) is 17.2. The van der Waals surface area contributed by atoms with Crippen LogP contribution in [0.2, 0.25) is 5.02 Å². The Hall–Kier alpha value is -1.65. The molecule has 0 atom stereocenters. The van der Waals surface area contributed by atoms with E-state index in [2.05, 4.69) is 15.3 Å². The Kier molecular flexibility index (Phi) is 4.60. The van der Waals surface area contributed by atoms with Crippen molar-refractivity contribution < 1.29 is 5.11 Å². The summed E-state index contributed by atoms with van der Waals surface area (Å²) in [5.74, 6) is 0.677. The quantitative estimate of drug-likeness (QED) is 0.897. The number of aromatic nitrogens is 2. The standard InChI is InChI=1S/C17H20ClN3O/c18-14-6-4-5-13(9-14)15-10-19-11-16(21-15)20-12-17(22)7-2-1-3-8-17/h4-6,9-11,22H,1-3,7-8,12H2,(H,20,21). The van der Waals surface area contributed by atoms with Crippen molar-refractivity contribution in [1.29, 1.82) is 0 Å². The van der Waals surface area contributed by atoms with Gasteiger partial charge in [-0.05, 0) is 25.0 Å². The van der Waals surface area contributed by atoms with Crippen LogP contribution in [0.15, 0.2) is 36.7 Å². The van der Waals surface area contributed by atoms with Crippen molar-refractivity contribution in [2.75, 3.05) is 11.9 Å². The monoisotopic (exact) mass is 317 g/mol. The molecule has 1 aliphatic rings. The number of benzene rings is 1. The summed E-state index contributed by atoms with van der Waals surface area (Å²) in [6.07, 6.45) is 8.49. The molecule has 0 aliphatic heterocycles. The number of anilines is 1. The van der Waals surface area contributed by atoms with E-state index in [1.807, 2.05) is 24.3 Å². The lowest BCUT2D eigenvalue weighted by Gasteiger charge is -2.32. The van der Waals surface area contributed by atoms with Crippen LogP contribution in [-0.4, -0.2) is 27.2 Å². The maximum Gasteiger partial charge on any atom is 0.145 e. The molecular weight excluding hydrogens is 298 g/mol. The van der Waals surface area contributed by atoms with E-state index in [1.165, 1.54) is 6.42 Å². The summed E-state index contributed by atoms with van der Waals surface area (Å²) in [5, 5.41) is 14.4. The van der Waals surface area contributed by atoms with Crippen molar-refractivity contribution in [3.63, 3.8) is 0 Å². The number of nitrogens with zero attached hydrogens (tertiary/aromatic N) is 2. The topological polar surface area (TPSA) is 58.0 Å². The zero-order valence-corrected chi connectivity index (χ0v) is 13.2. The van der Waals surface area contributed by atoms with Gasteiger partial charge in [0, 0.05) is 17.1 Å². The number of nitrogens with one attached hydrogen (secondary N) is 1. The first-order valence-corrected chi connectivity index (χ1v) is 8.07. The van der Waals surface area contributed by atoms with Gasteiger partial charge in [0.15, 0.2) is 0 Å². The van der Waals surface area contributed by atoms with Gasteiger partial charge < -0.3 is 10.4 Å². The van der Waals surface area contributed by atoms with E-state index in [9.17, 15) is 5.11 Å². The number of aliphatic hydroxyl groups is 1. The Bertz CT molecular complexity index is 641. The predicted molar refractivity (Wildman–Crippen MR) is 89.0 cm³/mol. The SMILES string of the molecule is OC1(CNc2cncc(-c3cccc(Cl)c3)n2)CCCCC1. The van der Waals surface area contributed by atoms with Gasteiger partial charge in [0.05, 0.1) is 23.7 Å². The van der Waals surface area contributed by atoms with Gasteiger partial charge >= 0.3 is 0 Å². The van der Waals surface area contributed by atoms with Crippen molar-refractivity contribution in [2.45, 2.75) is 37.7 Å². The molecule has 0 bridgehead atoms. The number of hydrogen-bond acceptors (Lipinski definition) is 4. The molecule has 0 amide bonds. The third-order valence-corrected chi connectivity index (χ3v) is 4.37. The molecule has 2 N–H and O–H groups in total. The van der Waals surface area contributed by atoms with Gasteiger partial charge in [0.1, 0.15) is 5.82 Å². The molecule has 0 spiro atoms. The fraction of sp³-hybridized carbons (Fsp3) is 0.412. The highest BCUT2D eigenvalue weighted by molar-refractivity contribution is 6.30. The van der Waals surface area contributed by atoms with E-state index in [0.717, 1.165) is 36.9 Å². The zero-order chi connectivity index (χ0) is 15.4. The summed E-state index contributed by atoms with van der Waals surface area (Å²) in [6, 6.07) is 7.54. The molecule has 5 heteroatoms. The van der Waals surface area contributed by atoms with Crippen LogP contribution in [0.25, 0.3) is 11.3 Å². The largest absolute Gasteiger partial charge is 0.388 e. The minimum atomic E-state index is -0.619. The number of hydrogen-bond donors (Lipinski definition) is 2. The molecule has 1 aromatic heterocycles. The van der Waals surface area contributed by atoms with Crippen LogP contribution in [0.1, 0.15) is 32.1 Å². The fourth-order valence-electron chi connectivity index (χ4n) is 2.88. The van der Waals surface area contributed by atoms with Gasteiger partial charge in [0.2, 0.25) is 0 Å². The zero-order valence-electron chi connectivity index (χ0n) is 12.4. The molecular formula is C17H20ClN3O. The van der Waals surface area contributed by atoms with E-state index in [1.54, 1.807) is 12.4 Å². The van der Waals surface area contributed by atoms with Crippen molar-refractivity contribution in [1.82, 2.24) is 9.97 Å². The highest BCUT2D eigenvalue weighted by Crippen LogP contribution is 2.28. The van der Waals surface area contributed by atoms with Crippen LogP contribution in [-0.2, 0) is 0 Å². The maximum absolute atomic E-state index is 10.5. The molecule has 3 rings (SSSR count). The van der Waals surface area contributed by atoms with Crippen molar-refractivity contribution in [2.24, 2.45) is 0 Å². The maximum atomic E-state index is 10.5. The molecule has 1 heterocycles. The highest BCUT2D eigenvalue weighted by Gasteiger charge is 2.28. The first-order chi connectivity index (χ1) is 10.6. The molecule has 1 saturated carbocycles. The molecule has 0 unspecified atom stereocenters. The van der Waals surface area contributed by atoms with Gasteiger partial charge in [-0.2, -0.15) is 0 Å². The highest BCUT2D eigenvalue weighted by atomic mass is 35.5. The fourth-order valence-corrected chi connectivity index (χ4v) is 3.07. The second kappa shape index (κ2) is 6.63. The van der Waals surface area contributed by atoms with Crippen LogP contribution in [0.4, 0.5) is 5.82 Å².